The van der Waals surface area contributed by atoms with Gasteiger partial charge in [0.05, 0.1) is 5.52 Å². The fraction of sp³-hybridized carbons (Fsp3) is 0.619. The van der Waals surface area contributed by atoms with Crippen LogP contribution in [0.3, 0.4) is 0 Å². The van der Waals surface area contributed by atoms with Crippen molar-refractivity contribution in [2.24, 2.45) is 0 Å². The molecule has 0 radical (unpaired) electrons. The van der Waals surface area contributed by atoms with Crippen molar-refractivity contribution in [3.05, 3.63) is 35.9 Å². The summed E-state index contributed by atoms with van der Waals surface area (Å²) in [6, 6.07) is 6.41. The monoisotopic (exact) mass is 354 g/mol. The highest BCUT2D eigenvalue weighted by atomic mass is 16.1. The normalized spacial score (nSPS) is 20.5. The van der Waals surface area contributed by atoms with Gasteiger partial charge >= 0.3 is 0 Å². The topological polar surface area (TPSA) is 49.6 Å². The Hall–Kier alpha value is -1.88. The maximum absolute atomic E-state index is 12.9. The summed E-state index contributed by atoms with van der Waals surface area (Å²) in [6.07, 6.45) is 10.8. The molecule has 1 aliphatic heterocycles. The molecule has 0 spiro atoms. The zero-order valence-corrected chi connectivity index (χ0v) is 15.8. The Balaban J connectivity index is 1.52. The molecule has 5 nitrogen and oxygen atoms in total. The van der Waals surface area contributed by atoms with E-state index in [1.165, 1.54) is 44.9 Å². The minimum Gasteiger partial charge on any atom is -0.349 e. The number of hydrogen-bond acceptors (Lipinski definition) is 3. The summed E-state index contributed by atoms with van der Waals surface area (Å²) in [6.45, 7) is 5.18. The molecule has 0 aromatic carbocycles. The summed E-state index contributed by atoms with van der Waals surface area (Å²) in [5.41, 5.74) is 1.51. The number of nitrogens with zero attached hydrogens (tertiary/aromatic N) is 3. The number of rotatable bonds is 5. The van der Waals surface area contributed by atoms with Crippen LogP contribution in [0.2, 0.25) is 0 Å². The van der Waals surface area contributed by atoms with Crippen LogP contribution in [0.4, 0.5) is 0 Å². The molecule has 2 fully saturated rings. The van der Waals surface area contributed by atoms with Gasteiger partial charge in [0.25, 0.3) is 5.91 Å². The zero-order chi connectivity index (χ0) is 17.9. The fourth-order valence-corrected chi connectivity index (χ4v) is 4.51. The first-order valence-electron chi connectivity index (χ1n) is 10.2. The average Bonchev–Trinajstić information content (AvgIpc) is 3.35. The van der Waals surface area contributed by atoms with Crippen LogP contribution in [0.25, 0.3) is 5.52 Å². The molecule has 26 heavy (non-hydrogen) atoms. The number of imidazole rings is 1. The predicted octanol–water partition coefficient (Wildman–Crippen LogP) is 3.60. The van der Waals surface area contributed by atoms with Gasteiger partial charge in [0.15, 0.2) is 5.69 Å². The minimum absolute atomic E-state index is 0.0400. The molecule has 2 aromatic rings. The van der Waals surface area contributed by atoms with Crippen LogP contribution in [0.15, 0.2) is 24.4 Å². The van der Waals surface area contributed by atoms with Gasteiger partial charge in [-0.1, -0.05) is 25.3 Å². The van der Waals surface area contributed by atoms with Crippen LogP contribution in [0.5, 0.6) is 0 Å². The molecule has 140 valence electrons. The van der Waals surface area contributed by atoms with E-state index in [9.17, 15) is 4.79 Å². The quantitative estimate of drug-likeness (QED) is 0.892. The van der Waals surface area contributed by atoms with Crippen molar-refractivity contribution in [3.63, 3.8) is 0 Å². The van der Waals surface area contributed by atoms with Crippen molar-refractivity contribution in [2.45, 2.75) is 63.8 Å². The molecule has 1 aliphatic carbocycles. The third-order valence-electron chi connectivity index (χ3n) is 6.08. The van der Waals surface area contributed by atoms with Gasteiger partial charge < -0.3 is 9.72 Å². The fourth-order valence-electron chi connectivity index (χ4n) is 4.51. The molecule has 5 heteroatoms. The van der Waals surface area contributed by atoms with Crippen LogP contribution < -0.4 is 5.32 Å². The Bertz CT molecular complexity index is 756. The summed E-state index contributed by atoms with van der Waals surface area (Å²) in [5.74, 6) is 1.50. The molecule has 4 rings (SSSR count). The van der Waals surface area contributed by atoms with E-state index >= 15 is 0 Å². The van der Waals surface area contributed by atoms with E-state index in [4.69, 9.17) is 4.98 Å². The summed E-state index contributed by atoms with van der Waals surface area (Å²) in [5, 5.41) is 3.13. The highest BCUT2D eigenvalue weighted by molar-refractivity contribution is 5.99. The lowest BCUT2D eigenvalue weighted by Crippen LogP contribution is -2.40. The van der Waals surface area contributed by atoms with Gasteiger partial charge in [0.1, 0.15) is 5.82 Å². The molecule has 0 bridgehead atoms. The lowest BCUT2D eigenvalue weighted by molar-refractivity contribution is 0.0937. The summed E-state index contributed by atoms with van der Waals surface area (Å²) < 4.78 is 2.13. The summed E-state index contributed by atoms with van der Waals surface area (Å²) in [7, 11) is 0. The highest BCUT2D eigenvalue weighted by Gasteiger charge is 2.25. The van der Waals surface area contributed by atoms with E-state index in [0.29, 0.717) is 24.2 Å². The number of likely N-dealkylation sites (tertiary alicyclic amines) is 1. The second kappa shape index (κ2) is 7.78. The number of amides is 1. The molecule has 1 atom stereocenters. The standard InChI is InChI=1S/C21H30N4O/c1-16(24-12-7-8-13-24)15-22-21(26)19-18-11-5-6-14-25(18)20(23-19)17-9-3-2-4-10-17/h5-6,11,14,16-17H,2-4,7-10,12-13,15H2,1H3,(H,22,26). The number of hydrogen-bond donors (Lipinski definition) is 1. The molecule has 1 amide bonds. The van der Waals surface area contributed by atoms with Gasteiger partial charge in [-0.2, -0.15) is 0 Å². The molecule has 1 saturated carbocycles. The minimum atomic E-state index is -0.0400. The van der Waals surface area contributed by atoms with Gasteiger partial charge in [-0.25, -0.2) is 4.98 Å². The molecule has 1 saturated heterocycles. The first-order valence-corrected chi connectivity index (χ1v) is 10.2. The third-order valence-corrected chi connectivity index (χ3v) is 6.08. The van der Waals surface area contributed by atoms with Gasteiger partial charge in [-0.05, 0) is 57.8 Å². The SMILES string of the molecule is CC(CNC(=O)c1nc(C2CCCCC2)n2ccccc12)N1CCCC1. The third kappa shape index (κ3) is 3.50. The van der Waals surface area contributed by atoms with E-state index in [1.807, 2.05) is 18.2 Å². The smallest absolute Gasteiger partial charge is 0.272 e. The molecule has 3 heterocycles. The van der Waals surface area contributed by atoms with Crippen LogP contribution in [0.1, 0.15) is 74.1 Å². The van der Waals surface area contributed by atoms with Crippen molar-refractivity contribution < 1.29 is 4.79 Å². The first kappa shape index (κ1) is 17.5. The van der Waals surface area contributed by atoms with E-state index < -0.39 is 0 Å². The van der Waals surface area contributed by atoms with Crippen LogP contribution in [-0.2, 0) is 0 Å². The van der Waals surface area contributed by atoms with Gasteiger partial charge in [-0.3, -0.25) is 9.69 Å². The molecule has 2 aromatic heterocycles. The largest absolute Gasteiger partial charge is 0.349 e. The van der Waals surface area contributed by atoms with Gasteiger partial charge in [-0.15, -0.1) is 0 Å². The second-order valence-corrected chi connectivity index (χ2v) is 7.91. The average molecular weight is 354 g/mol. The lowest BCUT2D eigenvalue weighted by atomic mass is 9.89. The maximum Gasteiger partial charge on any atom is 0.272 e. The number of pyridine rings is 1. The van der Waals surface area contributed by atoms with E-state index in [2.05, 4.69) is 27.7 Å². The Kier molecular flexibility index (Phi) is 5.25. The second-order valence-electron chi connectivity index (χ2n) is 7.91. The van der Waals surface area contributed by atoms with Crippen LogP contribution in [-0.4, -0.2) is 45.9 Å². The molecule has 2 aliphatic rings. The van der Waals surface area contributed by atoms with Gasteiger partial charge in [0, 0.05) is 24.7 Å². The predicted molar refractivity (Wildman–Crippen MR) is 104 cm³/mol. The number of fused-ring (bicyclic) bond motifs is 1. The van der Waals surface area contributed by atoms with E-state index in [-0.39, 0.29) is 5.91 Å². The molecular weight excluding hydrogens is 324 g/mol. The van der Waals surface area contributed by atoms with Crippen molar-refractivity contribution in [2.75, 3.05) is 19.6 Å². The maximum atomic E-state index is 12.9. The number of carbonyl (C=O) groups is 1. The van der Waals surface area contributed by atoms with E-state index in [1.54, 1.807) is 0 Å². The zero-order valence-electron chi connectivity index (χ0n) is 15.8. The highest BCUT2D eigenvalue weighted by Crippen LogP contribution is 2.33. The van der Waals surface area contributed by atoms with Crippen molar-refractivity contribution in [1.29, 1.82) is 0 Å². The van der Waals surface area contributed by atoms with Gasteiger partial charge in [0.2, 0.25) is 0 Å². The summed E-state index contributed by atoms with van der Waals surface area (Å²) in [4.78, 5) is 20.2. The van der Waals surface area contributed by atoms with E-state index in [0.717, 1.165) is 24.4 Å². The number of carbonyl (C=O) groups excluding carboxylic acids is 1. The van der Waals surface area contributed by atoms with Crippen molar-refractivity contribution in [3.8, 4) is 0 Å². The molecule has 1 unspecified atom stereocenters. The van der Waals surface area contributed by atoms with Crippen molar-refractivity contribution in [1.82, 2.24) is 19.6 Å². The molecule has 1 N–H and O–H groups in total. The van der Waals surface area contributed by atoms with Crippen molar-refractivity contribution >= 4 is 11.4 Å². The van der Waals surface area contributed by atoms with Crippen LogP contribution in [0, 0.1) is 0 Å². The van der Waals surface area contributed by atoms with Crippen LogP contribution >= 0.6 is 0 Å². The lowest BCUT2D eigenvalue weighted by Gasteiger charge is -2.23. The molecular formula is C21H30N4O. The number of nitrogens with one attached hydrogen (secondary N) is 1. The summed E-state index contributed by atoms with van der Waals surface area (Å²) >= 11 is 0. The Morgan fingerprint density at radius 2 is 1.96 bits per heavy atom. The first-order chi connectivity index (χ1) is 12.7. The Morgan fingerprint density at radius 3 is 2.73 bits per heavy atom. The number of aromatic nitrogens is 2. The Labute approximate surface area is 155 Å². The Morgan fingerprint density at radius 1 is 1.19 bits per heavy atom.